The van der Waals surface area contributed by atoms with Gasteiger partial charge in [-0.2, -0.15) is 0 Å². The van der Waals surface area contributed by atoms with Gasteiger partial charge in [0.25, 0.3) is 0 Å². The third-order valence-corrected chi connectivity index (χ3v) is 4.51. The van der Waals surface area contributed by atoms with Crippen LogP contribution in [-0.4, -0.2) is 24.1 Å². The van der Waals surface area contributed by atoms with E-state index in [9.17, 15) is 9.59 Å². The van der Waals surface area contributed by atoms with Gasteiger partial charge in [0, 0.05) is 12.8 Å². The third kappa shape index (κ3) is 2.17. The van der Waals surface area contributed by atoms with Gasteiger partial charge >= 0.3 is 11.9 Å². The van der Waals surface area contributed by atoms with E-state index in [-0.39, 0.29) is 11.9 Å². The van der Waals surface area contributed by atoms with Crippen LogP contribution in [0.4, 0.5) is 0 Å². The highest BCUT2D eigenvalue weighted by Crippen LogP contribution is 2.55. The topological polar surface area (TPSA) is 52.6 Å². The van der Waals surface area contributed by atoms with Crippen molar-refractivity contribution >= 4 is 11.9 Å². The van der Waals surface area contributed by atoms with Crippen LogP contribution in [0.5, 0.6) is 0 Å². The van der Waals surface area contributed by atoms with E-state index in [4.69, 9.17) is 9.47 Å². The Labute approximate surface area is 114 Å². The van der Waals surface area contributed by atoms with Gasteiger partial charge in [0.05, 0.1) is 6.61 Å². The molecule has 0 unspecified atom stereocenters. The summed E-state index contributed by atoms with van der Waals surface area (Å²) in [5.74, 6) is -0.410. The molecule has 0 spiro atoms. The molecule has 4 nitrogen and oxygen atoms in total. The highest BCUT2D eigenvalue weighted by atomic mass is 16.6. The van der Waals surface area contributed by atoms with Crippen LogP contribution in [0.3, 0.4) is 0 Å². The second kappa shape index (κ2) is 5.35. The van der Waals surface area contributed by atoms with E-state index >= 15 is 0 Å². The fraction of sp³-hybridized carbons (Fsp3) is 0.733. The molecule has 0 aromatic carbocycles. The molecule has 1 aliphatic carbocycles. The molecule has 2 fully saturated rings. The maximum atomic E-state index is 12.5. The highest BCUT2D eigenvalue weighted by Gasteiger charge is 2.62. The van der Waals surface area contributed by atoms with Crippen LogP contribution in [-0.2, 0) is 19.1 Å². The summed E-state index contributed by atoms with van der Waals surface area (Å²) in [5.41, 5.74) is -1.39. The Kier molecular flexibility index (Phi) is 3.97. The lowest BCUT2D eigenvalue weighted by Gasteiger charge is -2.53. The molecule has 0 N–H and O–H groups in total. The maximum Gasteiger partial charge on any atom is 0.316 e. The molecule has 0 aromatic rings. The van der Waals surface area contributed by atoms with E-state index in [2.05, 4.69) is 6.58 Å². The lowest BCUT2D eigenvalue weighted by atomic mass is 9.58. The Morgan fingerprint density at radius 3 is 2.84 bits per heavy atom. The van der Waals surface area contributed by atoms with Gasteiger partial charge in [-0.3, -0.25) is 9.59 Å². The smallest absolute Gasteiger partial charge is 0.316 e. The minimum absolute atomic E-state index is 0.205. The predicted octanol–water partition coefficient (Wildman–Crippen LogP) is 2.76. The van der Waals surface area contributed by atoms with Crippen LogP contribution in [0.25, 0.3) is 0 Å². The molecule has 1 saturated carbocycles. The molecule has 2 rings (SSSR count). The molecule has 1 heterocycles. The van der Waals surface area contributed by atoms with Crippen LogP contribution in [0, 0.1) is 5.41 Å². The first-order valence-electron chi connectivity index (χ1n) is 7.10. The van der Waals surface area contributed by atoms with E-state index in [0.29, 0.717) is 25.9 Å². The summed E-state index contributed by atoms with van der Waals surface area (Å²) >= 11 is 0. The minimum atomic E-state index is -0.728. The quantitative estimate of drug-likeness (QED) is 0.580. The van der Waals surface area contributed by atoms with Crippen LogP contribution in [0.15, 0.2) is 12.7 Å². The summed E-state index contributed by atoms with van der Waals surface area (Å²) in [6, 6.07) is 0. The van der Waals surface area contributed by atoms with Gasteiger partial charge in [-0.05, 0) is 32.6 Å². The van der Waals surface area contributed by atoms with Crippen molar-refractivity contribution in [2.45, 2.75) is 57.5 Å². The van der Waals surface area contributed by atoms with Gasteiger partial charge < -0.3 is 9.47 Å². The summed E-state index contributed by atoms with van der Waals surface area (Å²) < 4.78 is 11.0. The number of carbonyl (C=O) groups is 2. The molecule has 0 amide bonds. The molecule has 2 atom stereocenters. The SMILES string of the molecule is C=CC[C@@]12CCCC[C@]1(C(=O)OCC)CCC(=O)O2. The first-order valence-corrected chi connectivity index (χ1v) is 7.10. The normalized spacial score (nSPS) is 34.1. The zero-order valence-electron chi connectivity index (χ0n) is 11.6. The predicted molar refractivity (Wildman–Crippen MR) is 70.4 cm³/mol. The van der Waals surface area contributed by atoms with Crippen molar-refractivity contribution in [1.29, 1.82) is 0 Å². The first-order chi connectivity index (χ1) is 9.10. The van der Waals surface area contributed by atoms with Gasteiger partial charge in [0.1, 0.15) is 11.0 Å². The van der Waals surface area contributed by atoms with Gasteiger partial charge in [-0.15, -0.1) is 6.58 Å². The average molecular weight is 266 g/mol. The number of hydrogen-bond acceptors (Lipinski definition) is 4. The van der Waals surface area contributed by atoms with Gasteiger partial charge in [0.2, 0.25) is 0 Å². The average Bonchev–Trinajstić information content (AvgIpc) is 2.38. The Bertz CT molecular complexity index is 390. The standard InChI is InChI=1S/C15H22O4/c1-3-8-15-10-6-5-9-14(15,13(17)18-4-2)11-7-12(16)19-15/h3H,1,4-11H2,2H3/t14-,15-/m1/s1. The Morgan fingerprint density at radius 2 is 2.16 bits per heavy atom. The summed E-state index contributed by atoms with van der Waals surface area (Å²) in [6.07, 6.45) is 6.54. The van der Waals surface area contributed by atoms with E-state index in [0.717, 1.165) is 25.7 Å². The fourth-order valence-electron chi connectivity index (χ4n) is 3.62. The van der Waals surface area contributed by atoms with Crippen molar-refractivity contribution in [3.05, 3.63) is 12.7 Å². The summed E-state index contributed by atoms with van der Waals surface area (Å²) in [7, 11) is 0. The molecule has 106 valence electrons. The van der Waals surface area contributed by atoms with E-state index < -0.39 is 11.0 Å². The second-order valence-electron chi connectivity index (χ2n) is 5.47. The van der Waals surface area contributed by atoms with Crippen molar-refractivity contribution in [3.8, 4) is 0 Å². The van der Waals surface area contributed by atoms with Crippen molar-refractivity contribution in [2.75, 3.05) is 6.61 Å². The molecule has 19 heavy (non-hydrogen) atoms. The number of carbonyl (C=O) groups excluding carboxylic acids is 2. The number of ether oxygens (including phenoxy) is 2. The lowest BCUT2D eigenvalue weighted by molar-refractivity contribution is -0.215. The van der Waals surface area contributed by atoms with Crippen LogP contribution in [0.1, 0.15) is 51.9 Å². The van der Waals surface area contributed by atoms with Crippen molar-refractivity contribution in [2.24, 2.45) is 5.41 Å². The van der Waals surface area contributed by atoms with Crippen molar-refractivity contribution in [3.63, 3.8) is 0 Å². The maximum absolute atomic E-state index is 12.5. The van der Waals surface area contributed by atoms with Crippen LogP contribution in [0.2, 0.25) is 0 Å². The fourth-order valence-corrected chi connectivity index (χ4v) is 3.62. The molecular formula is C15H22O4. The number of esters is 2. The summed E-state index contributed by atoms with van der Waals surface area (Å²) in [5, 5.41) is 0. The van der Waals surface area contributed by atoms with E-state index in [1.165, 1.54) is 0 Å². The molecule has 1 saturated heterocycles. The van der Waals surface area contributed by atoms with Gasteiger partial charge in [0.15, 0.2) is 0 Å². The summed E-state index contributed by atoms with van der Waals surface area (Å²) in [4.78, 5) is 24.2. The number of hydrogen-bond donors (Lipinski definition) is 0. The molecular weight excluding hydrogens is 244 g/mol. The molecule has 0 bridgehead atoms. The van der Waals surface area contributed by atoms with E-state index in [1.54, 1.807) is 13.0 Å². The van der Waals surface area contributed by atoms with Gasteiger partial charge in [-0.1, -0.05) is 12.5 Å². The molecule has 1 aliphatic heterocycles. The second-order valence-corrected chi connectivity index (χ2v) is 5.47. The Morgan fingerprint density at radius 1 is 1.42 bits per heavy atom. The zero-order valence-corrected chi connectivity index (χ0v) is 11.6. The Balaban J connectivity index is 2.40. The van der Waals surface area contributed by atoms with Gasteiger partial charge in [-0.25, -0.2) is 0 Å². The molecule has 4 heteroatoms. The third-order valence-electron chi connectivity index (χ3n) is 4.51. The lowest BCUT2D eigenvalue weighted by Crippen LogP contribution is -2.60. The number of rotatable bonds is 4. The molecule has 0 radical (unpaired) electrons. The zero-order chi connectivity index (χ0) is 13.9. The summed E-state index contributed by atoms with van der Waals surface area (Å²) in [6.45, 7) is 5.93. The largest absolute Gasteiger partial charge is 0.465 e. The van der Waals surface area contributed by atoms with Crippen molar-refractivity contribution in [1.82, 2.24) is 0 Å². The molecule has 0 aromatic heterocycles. The number of fused-ring (bicyclic) bond motifs is 1. The first kappa shape index (κ1) is 14.1. The highest BCUT2D eigenvalue weighted by molar-refractivity contribution is 5.82. The van der Waals surface area contributed by atoms with Crippen molar-refractivity contribution < 1.29 is 19.1 Å². The van der Waals surface area contributed by atoms with Crippen LogP contribution < -0.4 is 0 Å². The Hall–Kier alpha value is -1.32. The monoisotopic (exact) mass is 266 g/mol. The van der Waals surface area contributed by atoms with E-state index in [1.807, 2.05) is 0 Å². The minimum Gasteiger partial charge on any atom is -0.465 e. The van der Waals surface area contributed by atoms with Crippen LogP contribution >= 0.6 is 0 Å². The molecule has 2 aliphatic rings.